The lowest BCUT2D eigenvalue weighted by Gasteiger charge is -2.13. The average molecular weight is 582 g/mol. The molecular formula is C40H27N3S. The minimum atomic E-state index is 0.694. The fraction of sp³-hybridized carbons (Fsp3) is 0.0250. The van der Waals surface area contributed by atoms with Crippen LogP contribution in [0.1, 0.15) is 5.56 Å². The Morgan fingerprint density at radius 2 is 1.16 bits per heavy atom. The van der Waals surface area contributed by atoms with Crippen molar-refractivity contribution in [3.05, 3.63) is 151 Å². The first-order chi connectivity index (χ1) is 21.7. The molecule has 3 heterocycles. The van der Waals surface area contributed by atoms with E-state index in [1.807, 2.05) is 35.7 Å². The molecule has 0 saturated heterocycles. The summed E-state index contributed by atoms with van der Waals surface area (Å²) in [5, 5.41) is 2.62. The molecule has 3 aromatic heterocycles. The molecule has 4 heteroatoms. The molecule has 8 aromatic rings. The predicted octanol–water partition coefficient (Wildman–Crippen LogP) is 10.9. The fourth-order valence-corrected chi connectivity index (χ4v) is 6.99. The van der Waals surface area contributed by atoms with Crippen molar-refractivity contribution in [3.8, 4) is 56.2 Å². The number of nitrogens with zero attached hydrogens (tertiary/aromatic N) is 3. The van der Waals surface area contributed by atoms with Crippen molar-refractivity contribution in [2.24, 2.45) is 0 Å². The van der Waals surface area contributed by atoms with Gasteiger partial charge in [-0.3, -0.25) is 4.98 Å². The van der Waals surface area contributed by atoms with Crippen molar-refractivity contribution < 1.29 is 0 Å². The minimum absolute atomic E-state index is 0.694. The molecule has 0 bridgehead atoms. The van der Waals surface area contributed by atoms with Crippen molar-refractivity contribution in [3.63, 3.8) is 0 Å². The molecule has 0 aliphatic rings. The van der Waals surface area contributed by atoms with E-state index in [1.54, 1.807) is 6.20 Å². The summed E-state index contributed by atoms with van der Waals surface area (Å²) in [5.74, 6) is 0.694. The Morgan fingerprint density at radius 1 is 0.477 bits per heavy atom. The number of pyridine rings is 1. The summed E-state index contributed by atoms with van der Waals surface area (Å²) < 4.78 is 2.64. The first kappa shape index (κ1) is 26.2. The van der Waals surface area contributed by atoms with Crippen molar-refractivity contribution in [2.75, 3.05) is 0 Å². The monoisotopic (exact) mass is 581 g/mol. The molecular weight excluding hydrogens is 555 g/mol. The van der Waals surface area contributed by atoms with Gasteiger partial charge < -0.3 is 0 Å². The van der Waals surface area contributed by atoms with Gasteiger partial charge in [0.15, 0.2) is 5.82 Å². The van der Waals surface area contributed by atoms with Gasteiger partial charge in [0.2, 0.25) is 0 Å². The van der Waals surface area contributed by atoms with E-state index in [1.165, 1.54) is 36.9 Å². The van der Waals surface area contributed by atoms with E-state index in [4.69, 9.17) is 9.97 Å². The topological polar surface area (TPSA) is 38.7 Å². The van der Waals surface area contributed by atoms with Crippen LogP contribution in [0.3, 0.4) is 0 Å². The standard InChI is InChI=1S/C40H27N3S/c1-26-9-2-3-11-31(26)37-24-36(42-40(43-37)34-14-5-4-12-32(34)30-10-8-22-41-25-30)28-18-16-27(17-19-28)29-20-21-39-35(23-29)33-13-6-7-15-38(33)44-39/h2-25H,1H3. The highest BCUT2D eigenvalue weighted by atomic mass is 32.1. The SMILES string of the molecule is Cc1ccccc1-c1cc(-c2ccc(-c3ccc4sc5ccccc5c4c3)cc2)nc(-c2ccccc2-c2cccnc2)n1. The zero-order valence-electron chi connectivity index (χ0n) is 24.1. The van der Waals surface area contributed by atoms with E-state index in [9.17, 15) is 0 Å². The summed E-state index contributed by atoms with van der Waals surface area (Å²) >= 11 is 1.85. The zero-order chi connectivity index (χ0) is 29.5. The van der Waals surface area contributed by atoms with Gasteiger partial charge >= 0.3 is 0 Å². The molecule has 0 N–H and O–H groups in total. The zero-order valence-corrected chi connectivity index (χ0v) is 24.9. The minimum Gasteiger partial charge on any atom is -0.264 e. The molecule has 0 radical (unpaired) electrons. The Hall–Kier alpha value is -5.45. The lowest BCUT2D eigenvalue weighted by Crippen LogP contribution is -1.98. The Labute approximate surface area is 260 Å². The van der Waals surface area contributed by atoms with Gasteiger partial charge in [-0.15, -0.1) is 11.3 Å². The number of thiophene rings is 1. The van der Waals surface area contributed by atoms with E-state index in [2.05, 4.69) is 127 Å². The number of fused-ring (bicyclic) bond motifs is 3. The molecule has 5 aromatic carbocycles. The highest BCUT2D eigenvalue weighted by Gasteiger charge is 2.15. The second kappa shape index (κ2) is 11.0. The largest absolute Gasteiger partial charge is 0.264 e. The number of hydrogen-bond acceptors (Lipinski definition) is 4. The normalized spacial score (nSPS) is 11.3. The third-order valence-corrected chi connectivity index (χ3v) is 9.33. The summed E-state index contributed by atoms with van der Waals surface area (Å²) in [4.78, 5) is 14.6. The highest BCUT2D eigenvalue weighted by Crippen LogP contribution is 2.37. The predicted molar refractivity (Wildman–Crippen MR) is 185 cm³/mol. The van der Waals surface area contributed by atoms with Crippen molar-refractivity contribution in [2.45, 2.75) is 6.92 Å². The van der Waals surface area contributed by atoms with E-state index in [-0.39, 0.29) is 0 Å². The first-order valence-electron chi connectivity index (χ1n) is 14.7. The Balaban J connectivity index is 1.24. The lowest BCUT2D eigenvalue weighted by atomic mass is 9.98. The van der Waals surface area contributed by atoms with Gasteiger partial charge in [0.1, 0.15) is 0 Å². The van der Waals surface area contributed by atoms with Crippen LogP contribution in [0.5, 0.6) is 0 Å². The van der Waals surface area contributed by atoms with Gasteiger partial charge in [-0.2, -0.15) is 0 Å². The number of benzene rings is 5. The van der Waals surface area contributed by atoms with Gasteiger partial charge in [-0.05, 0) is 59.5 Å². The number of rotatable bonds is 5. The van der Waals surface area contributed by atoms with Crippen LogP contribution in [-0.2, 0) is 0 Å². The second-order valence-electron chi connectivity index (χ2n) is 11.0. The number of aromatic nitrogens is 3. The molecule has 8 rings (SSSR count). The fourth-order valence-electron chi connectivity index (χ4n) is 5.90. The lowest BCUT2D eigenvalue weighted by molar-refractivity contribution is 1.18. The van der Waals surface area contributed by atoms with Crippen LogP contribution < -0.4 is 0 Å². The van der Waals surface area contributed by atoms with Gasteiger partial charge in [0, 0.05) is 54.8 Å². The number of aryl methyl sites for hydroxylation is 1. The van der Waals surface area contributed by atoms with Crippen molar-refractivity contribution in [1.82, 2.24) is 15.0 Å². The third kappa shape index (κ3) is 4.76. The molecule has 0 fully saturated rings. The third-order valence-electron chi connectivity index (χ3n) is 8.18. The molecule has 0 aliphatic heterocycles. The van der Waals surface area contributed by atoms with Crippen LogP contribution in [0.2, 0.25) is 0 Å². The second-order valence-corrected chi connectivity index (χ2v) is 12.0. The van der Waals surface area contributed by atoms with Crippen LogP contribution in [0, 0.1) is 6.92 Å². The van der Waals surface area contributed by atoms with Crippen LogP contribution in [0.25, 0.3) is 76.3 Å². The smallest absolute Gasteiger partial charge is 0.161 e. The maximum Gasteiger partial charge on any atom is 0.161 e. The highest BCUT2D eigenvalue weighted by molar-refractivity contribution is 7.25. The summed E-state index contributed by atoms with van der Waals surface area (Å²) in [6.45, 7) is 2.13. The van der Waals surface area contributed by atoms with E-state index in [0.29, 0.717) is 5.82 Å². The van der Waals surface area contributed by atoms with E-state index >= 15 is 0 Å². The van der Waals surface area contributed by atoms with Crippen LogP contribution in [0.4, 0.5) is 0 Å². The molecule has 44 heavy (non-hydrogen) atoms. The Kier molecular flexibility index (Phi) is 6.55. The average Bonchev–Trinajstić information content (AvgIpc) is 3.47. The quantitative estimate of drug-likeness (QED) is 0.203. The molecule has 0 atom stereocenters. The number of hydrogen-bond donors (Lipinski definition) is 0. The molecule has 208 valence electrons. The van der Waals surface area contributed by atoms with Gasteiger partial charge in [-0.1, -0.05) is 103 Å². The summed E-state index contributed by atoms with van der Waals surface area (Å²) in [5.41, 5.74) is 10.6. The molecule has 3 nitrogen and oxygen atoms in total. The summed E-state index contributed by atoms with van der Waals surface area (Å²) in [6, 6.07) is 47.0. The Bertz CT molecular complexity index is 2290. The maximum absolute atomic E-state index is 5.16. The maximum atomic E-state index is 5.16. The molecule has 0 spiro atoms. The molecule has 0 aliphatic carbocycles. The van der Waals surface area contributed by atoms with Gasteiger partial charge in [-0.25, -0.2) is 9.97 Å². The van der Waals surface area contributed by atoms with Crippen molar-refractivity contribution in [1.29, 1.82) is 0 Å². The summed E-state index contributed by atoms with van der Waals surface area (Å²) in [7, 11) is 0. The van der Waals surface area contributed by atoms with E-state index < -0.39 is 0 Å². The Morgan fingerprint density at radius 3 is 1.98 bits per heavy atom. The first-order valence-corrected chi connectivity index (χ1v) is 15.5. The van der Waals surface area contributed by atoms with E-state index in [0.717, 1.165) is 39.2 Å². The van der Waals surface area contributed by atoms with Crippen molar-refractivity contribution >= 4 is 31.5 Å². The van der Waals surface area contributed by atoms with Gasteiger partial charge in [0.25, 0.3) is 0 Å². The van der Waals surface area contributed by atoms with Crippen LogP contribution >= 0.6 is 11.3 Å². The van der Waals surface area contributed by atoms with Gasteiger partial charge in [0.05, 0.1) is 11.4 Å². The van der Waals surface area contributed by atoms with Crippen LogP contribution in [0.15, 0.2) is 146 Å². The molecule has 0 unspecified atom stereocenters. The molecule has 0 amide bonds. The summed E-state index contributed by atoms with van der Waals surface area (Å²) in [6.07, 6.45) is 3.68. The van der Waals surface area contributed by atoms with Crippen LogP contribution in [-0.4, -0.2) is 15.0 Å². The molecule has 0 saturated carbocycles.